The number of morpholine rings is 1. The quantitative estimate of drug-likeness (QED) is 0.761. The molecule has 1 aromatic carbocycles. The van der Waals surface area contributed by atoms with Gasteiger partial charge in [0.25, 0.3) is 0 Å². The van der Waals surface area contributed by atoms with Crippen molar-refractivity contribution in [3.8, 4) is 0 Å². The number of ketones is 1. The Morgan fingerprint density at radius 1 is 1.20 bits per heavy atom. The van der Waals surface area contributed by atoms with E-state index in [-0.39, 0.29) is 17.0 Å². The zero-order valence-electron chi connectivity index (χ0n) is 12.8. The average molecular weight is 340 g/mol. The molecule has 20 heavy (non-hydrogen) atoms. The molecule has 1 heterocycles. The molecule has 1 fully saturated rings. The van der Waals surface area contributed by atoms with E-state index in [0.717, 1.165) is 28.8 Å². The second-order valence-corrected chi connectivity index (χ2v) is 7.61. The van der Waals surface area contributed by atoms with E-state index < -0.39 is 0 Å². The zero-order valence-corrected chi connectivity index (χ0v) is 14.4. The molecule has 0 aliphatic carbocycles. The van der Waals surface area contributed by atoms with Crippen LogP contribution in [0, 0.1) is 0 Å². The molecular formula is C16H22BrNO2. The molecule has 0 unspecified atom stereocenters. The van der Waals surface area contributed by atoms with Crippen LogP contribution in [0.2, 0.25) is 0 Å². The molecule has 0 bridgehead atoms. The van der Waals surface area contributed by atoms with Gasteiger partial charge in [0.2, 0.25) is 0 Å². The largest absolute Gasteiger partial charge is 0.366 e. The van der Waals surface area contributed by atoms with Crippen molar-refractivity contribution in [1.82, 2.24) is 0 Å². The normalized spacial score (nSPS) is 20.8. The van der Waals surface area contributed by atoms with Gasteiger partial charge < -0.3 is 9.64 Å². The molecule has 0 saturated carbocycles. The number of halogens is 1. The van der Waals surface area contributed by atoms with Crippen LogP contribution in [0.3, 0.4) is 0 Å². The lowest BCUT2D eigenvalue weighted by Crippen LogP contribution is -2.57. The maximum Gasteiger partial charge on any atom is 0.161 e. The van der Waals surface area contributed by atoms with E-state index in [1.807, 2.05) is 18.2 Å². The Kier molecular flexibility index (Phi) is 4.00. The number of hydrogen-bond donors (Lipinski definition) is 0. The Balaban J connectivity index is 2.45. The van der Waals surface area contributed by atoms with E-state index in [1.54, 1.807) is 6.92 Å². The van der Waals surface area contributed by atoms with E-state index in [9.17, 15) is 4.79 Å². The van der Waals surface area contributed by atoms with Crippen molar-refractivity contribution >= 4 is 27.4 Å². The fraction of sp³-hybridized carbons (Fsp3) is 0.562. The molecular weight excluding hydrogens is 318 g/mol. The first-order valence-electron chi connectivity index (χ1n) is 6.85. The van der Waals surface area contributed by atoms with Crippen LogP contribution in [0.5, 0.6) is 0 Å². The van der Waals surface area contributed by atoms with E-state index in [2.05, 4.69) is 48.5 Å². The molecule has 0 N–H and O–H groups in total. The highest BCUT2D eigenvalue weighted by atomic mass is 79.9. The minimum Gasteiger partial charge on any atom is -0.366 e. The average Bonchev–Trinajstić information content (AvgIpc) is 2.24. The molecule has 0 radical (unpaired) electrons. The van der Waals surface area contributed by atoms with Crippen molar-refractivity contribution < 1.29 is 9.53 Å². The van der Waals surface area contributed by atoms with Crippen LogP contribution < -0.4 is 4.90 Å². The minimum atomic E-state index is -0.238. The molecule has 1 aliphatic heterocycles. The first kappa shape index (κ1) is 15.5. The summed E-state index contributed by atoms with van der Waals surface area (Å²) < 4.78 is 7.09. The number of Topliss-reactive ketones (excluding diaryl/α,β-unsaturated/α-hetero) is 1. The molecule has 2 rings (SSSR count). The first-order chi connectivity index (χ1) is 9.10. The maximum absolute atomic E-state index is 11.9. The SMILES string of the molecule is CC(=O)c1ccc(Br)cc1N1CC(C)(C)OC(C)(C)C1. The van der Waals surface area contributed by atoms with Gasteiger partial charge in [0, 0.05) is 28.8 Å². The van der Waals surface area contributed by atoms with Crippen LogP contribution in [0.15, 0.2) is 22.7 Å². The fourth-order valence-corrected chi connectivity index (χ4v) is 3.37. The summed E-state index contributed by atoms with van der Waals surface area (Å²) in [6.45, 7) is 11.5. The Labute approximate surface area is 129 Å². The Hall–Kier alpha value is -0.870. The second-order valence-electron chi connectivity index (χ2n) is 6.70. The van der Waals surface area contributed by atoms with Gasteiger partial charge in [0.15, 0.2) is 5.78 Å². The first-order valence-corrected chi connectivity index (χ1v) is 7.65. The zero-order chi connectivity index (χ0) is 15.1. The van der Waals surface area contributed by atoms with Gasteiger partial charge in [-0.05, 0) is 52.8 Å². The molecule has 4 heteroatoms. The maximum atomic E-state index is 11.9. The summed E-state index contributed by atoms with van der Waals surface area (Å²) in [7, 11) is 0. The van der Waals surface area contributed by atoms with Crippen molar-refractivity contribution in [2.24, 2.45) is 0 Å². The predicted molar refractivity (Wildman–Crippen MR) is 85.6 cm³/mol. The Morgan fingerprint density at radius 3 is 2.25 bits per heavy atom. The highest BCUT2D eigenvalue weighted by Gasteiger charge is 2.38. The molecule has 0 aromatic heterocycles. The smallest absolute Gasteiger partial charge is 0.161 e. The summed E-state index contributed by atoms with van der Waals surface area (Å²) in [5, 5.41) is 0. The van der Waals surface area contributed by atoms with Crippen LogP contribution in [0.1, 0.15) is 45.0 Å². The fourth-order valence-electron chi connectivity index (χ4n) is 3.02. The predicted octanol–water partition coefficient (Wildman–Crippen LogP) is 4.05. The van der Waals surface area contributed by atoms with Crippen LogP contribution >= 0.6 is 15.9 Å². The third-order valence-corrected chi connectivity index (χ3v) is 3.87. The van der Waals surface area contributed by atoms with E-state index >= 15 is 0 Å². The molecule has 0 amide bonds. The Bertz CT molecular complexity index is 521. The lowest BCUT2D eigenvalue weighted by Gasteiger charge is -2.48. The number of carbonyl (C=O) groups excluding carboxylic acids is 1. The third-order valence-electron chi connectivity index (χ3n) is 3.38. The molecule has 0 spiro atoms. The summed E-state index contributed by atoms with van der Waals surface area (Å²) in [5.41, 5.74) is 1.27. The van der Waals surface area contributed by atoms with Gasteiger partial charge in [0.05, 0.1) is 11.2 Å². The van der Waals surface area contributed by atoms with Gasteiger partial charge in [-0.15, -0.1) is 0 Å². The second kappa shape index (κ2) is 5.15. The monoisotopic (exact) mass is 339 g/mol. The van der Waals surface area contributed by atoms with Crippen LogP contribution in [0.4, 0.5) is 5.69 Å². The lowest BCUT2D eigenvalue weighted by molar-refractivity contribution is -0.133. The van der Waals surface area contributed by atoms with Crippen molar-refractivity contribution in [3.63, 3.8) is 0 Å². The Morgan fingerprint density at radius 2 is 1.75 bits per heavy atom. The molecule has 1 aliphatic rings. The van der Waals surface area contributed by atoms with Crippen molar-refractivity contribution in [1.29, 1.82) is 0 Å². The minimum absolute atomic E-state index is 0.0922. The van der Waals surface area contributed by atoms with E-state index in [1.165, 1.54) is 0 Å². The number of ether oxygens (including phenoxy) is 1. The summed E-state index contributed by atoms with van der Waals surface area (Å²) >= 11 is 3.50. The molecule has 110 valence electrons. The number of hydrogen-bond acceptors (Lipinski definition) is 3. The van der Waals surface area contributed by atoms with Gasteiger partial charge in [-0.2, -0.15) is 0 Å². The molecule has 3 nitrogen and oxygen atoms in total. The van der Waals surface area contributed by atoms with Gasteiger partial charge in [-0.25, -0.2) is 0 Å². The van der Waals surface area contributed by atoms with E-state index in [4.69, 9.17) is 4.74 Å². The van der Waals surface area contributed by atoms with Crippen LogP contribution in [-0.4, -0.2) is 30.1 Å². The third kappa shape index (κ3) is 3.41. The lowest BCUT2D eigenvalue weighted by atomic mass is 9.97. The highest BCUT2D eigenvalue weighted by molar-refractivity contribution is 9.10. The summed E-state index contributed by atoms with van der Waals surface area (Å²) in [4.78, 5) is 14.1. The number of carbonyl (C=O) groups is 1. The summed E-state index contributed by atoms with van der Waals surface area (Å²) in [6.07, 6.45) is 0. The summed E-state index contributed by atoms with van der Waals surface area (Å²) in [6, 6.07) is 5.82. The number of nitrogens with zero attached hydrogens (tertiary/aromatic N) is 1. The van der Waals surface area contributed by atoms with Gasteiger partial charge in [0.1, 0.15) is 0 Å². The van der Waals surface area contributed by atoms with Crippen molar-refractivity contribution in [2.75, 3.05) is 18.0 Å². The standard InChI is InChI=1S/C16H22BrNO2/c1-11(19)13-7-6-12(17)8-14(13)18-9-15(2,3)20-16(4,5)10-18/h6-8H,9-10H2,1-5H3. The van der Waals surface area contributed by atoms with Gasteiger partial charge >= 0.3 is 0 Å². The van der Waals surface area contributed by atoms with Gasteiger partial charge in [-0.1, -0.05) is 15.9 Å². The van der Waals surface area contributed by atoms with Crippen molar-refractivity contribution in [2.45, 2.75) is 45.8 Å². The molecule has 1 saturated heterocycles. The summed E-state index contributed by atoms with van der Waals surface area (Å²) in [5.74, 6) is 0.0922. The van der Waals surface area contributed by atoms with Crippen LogP contribution in [-0.2, 0) is 4.74 Å². The molecule has 0 atom stereocenters. The van der Waals surface area contributed by atoms with Crippen molar-refractivity contribution in [3.05, 3.63) is 28.2 Å². The van der Waals surface area contributed by atoms with E-state index in [0.29, 0.717) is 0 Å². The highest BCUT2D eigenvalue weighted by Crippen LogP contribution is 2.34. The number of benzene rings is 1. The topological polar surface area (TPSA) is 29.5 Å². The molecule has 1 aromatic rings. The number of rotatable bonds is 2. The van der Waals surface area contributed by atoms with Crippen LogP contribution in [0.25, 0.3) is 0 Å². The van der Waals surface area contributed by atoms with Gasteiger partial charge in [-0.3, -0.25) is 4.79 Å². The number of anilines is 1.